The third-order valence-corrected chi connectivity index (χ3v) is 0. The molecule has 0 aliphatic heterocycles. The fourth-order valence-corrected chi connectivity index (χ4v) is 0. The summed E-state index contributed by atoms with van der Waals surface area (Å²) in [4.78, 5) is 0. The second-order valence-electron chi connectivity index (χ2n) is 0.500. The molecule has 0 spiro atoms. The number of rotatable bonds is 0. The summed E-state index contributed by atoms with van der Waals surface area (Å²) in [6.07, 6.45) is 0. The van der Waals surface area contributed by atoms with E-state index >= 15 is 0 Å². The van der Waals surface area contributed by atoms with Crippen molar-refractivity contribution in [3.05, 3.63) is 0 Å². The summed E-state index contributed by atoms with van der Waals surface area (Å²) in [6.45, 7) is 0. The first-order chi connectivity index (χ1) is 1.41. The van der Waals surface area contributed by atoms with Gasteiger partial charge < -0.3 is 0 Å². The van der Waals surface area contributed by atoms with E-state index in [0.29, 0.717) is 0 Å². The Hall–Kier alpha value is 0.883. The van der Waals surface area contributed by atoms with Gasteiger partial charge in [-0.25, -0.2) is 0 Å². The van der Waals surface area contributed by atoms with Gasteiger partial charge in [0.25, 0.3) is 0 Å². The zero-order chi connectivity index (χ0) is 2.71. The second kappa shape index (κ2) is 20.8. The first kappa shape index (κ1) is 16.9. The van der Waals surface area contributed by atoms with E-state index in [1.54, 1.807) is 0 Å². The summed E-state index contributed by atoms with van der Waals surface area (Å²) in [5, 5.41) is 0. The fourth-order valence-electron chi connectivity index (χ4n) is 0. The first-order valence-corrected chi connectivity index (χ1v) is 8.77. The topological polar surface area (TPSA) is 0 Å². The van der Waals surface area contributed by atoms with Crippen molar-refractivity contribution in [2.75, 3.05) is 0 Å². The van der Waals surface area contributed by atoms with Gasteiger partial charge in [-0.3, -0.25) is 0 Å². The SMILES string of the molecule is C.C.[CH3][BiH][CH3]. The Kier molecular flexibility index (Phi) is 70.1. The molecule has 0 radical (unpaired) electrons. The molecule has 0 N–H and O–H groups in total. The molecule has 0 atom stereocenters. The average Bonchev–Trinajstić information content (AvgIpc) is 0.918. The second-order valence-corrected chi connectivity index (χ2v) is 4.39. The van der Waals surface area contributed by atoms with Crippen molar-refractivity contribution in [3.63, 3.8) is 0 Å². The van der Waals surface area contributed by atoms with Crippen LogP contribution in [0.1, 0.15) is 14.9 Å². The Morgan fingerprint density at radius 2 is 1.00 bits per heavy atom. The standard InChI is InChI=1S/2CH4.2CH3.Bi.H/h2*1H4;2*1H3;;. The molecule has 0 bridgehead atoms. The van der Waals surface area contributed by atoms with E-state index in [0.717, 1.165) is 0 Å². The first-order valence-electron chi connectivity index (χ1n) is 1.00. The van der Waals surface area contributed by atoms with Gasteiger partial charge in [0.15, 0.2) is 0 Å². The summed E-state index contributed by atoms with van der Waals surface area (Å²) in [5.74, 6) is 0. The van der Waals surface area contributed by atoms with Crippen LogP contribution in [-0.4, -0.2) is 23.2 Å². The summed E-state index contributed by atoms with van der Waals surface area (Å²) in [5.41, 5.74) is 0. The summed E-state index contributed by atoms with van der Waals surface area (Å²) in [7, 11) is 0. The van der Waals surface area contributed by atoms with Gasteiger partial charge in [0, 0.05) is 0 Å². The summed E-state index contributed by atoms with van der Waals surface area (Å²) < 4.78 is 4.64. The molecular weight excluding hydrogens is 257 g/mol. The van der Waals surface area contributed by atoms with Crippen LogP contribution in [0.3, 0.4) is 0 Å². The maximum absolute atomic E-state index is 2.32. The Balaban J connectivity index is -0.0000000200. The van der Waals surface area contributed by atoms with Crippen LogP contribution in [0.4, 0.5) is 0 Å². The third-order valence-electron chi connectivity index (χ3n) is 0. The van der Waals surface area contributed by atoms with E-state index in [1.807, 2.05) is 0 Å². The van der Waals surface area contributed by atoms with Gasteiger partial charge in [-0.15, -0.1) is 0 Å². The third kappa shape index (κ3) is 52.0. The van der Waals surface area contributed by atoms with E-state index in [2.05, 4.69) is 9.26 Å². The molecule has 1 heteroatoms. The van der Waals surface area contributed by atoms with Crippen molar-refractivity contribution in [1.82, 2.24) is 0 Å². The Labute approximate surface area is 47.5 Å². The molecule has 0 aromatic carbocycles. The molecule has 0 aliphatic carbocycles. The quantitative estimate of drug-likeness (QED) is 0.590. The molecule has 0 nitrogen and oxygen atoms in total. The molecule has 0 aliphatic rings. The number of hydrogen-bond acceptors (Lipinski definition) is 0. The zero-order valence-corrected chi connectivity index (χ0v) is 6.39. The van der Waals surface area contributed by atoms with Crippen molar-refractivity contribution in [1.29, 1.82) is 0 Å². The van der Waals surface area contributed by atoms with Crippen LogP contribution < -0.4 is 0 Å². The van der Waals surface area contributed by atoms with Crippen molar-refractivity contribution in [3.8, 4) is 0 Å². The monoisotopic (exact) mass is 272 g/mol. The molecule has 0 heterocycles. The molecule has 0 aromatic rings. The number of hydrogen-bond donors (Lipinski definition) is 0. The van der Waals surface area contributed by atoms with Gasteiger partial charge in [-0.1, -0.05) is 14.9 Å². The van der Waals surface area contributed by atoms with Crippen molar-refractivity contribution in [2.45, 2.75) is 24.1 Å². The predicted molar refractivity (Wildman–Crippen MR) is 32.3 cm³/mol. The minimum absolute atomic E-state index is 0. The van der Waals surface area contributed by atoms with Crippen LogP contribution in [0.5, 0.6) is 0 Å². The van der Waals surface area contributed by atoms with Crippen LogP contribution in [0.2, 0.25) is 9.26 Å². The molecule has 0 unspecified atom stereocenters. The van der Waals surface area contributed by atoms with E-state index in [-0.39, 0.29) is 38.1 Å². The van der Waals surface area contributed by atoms with Crippen LogP contribution in [0, 0.1) is 0 Å². The van der Waals surface area contributed by atoms with Crippen LogP contribution >= 0.6 is 0 Å². The molecule has 5 heavy (non-hydrogen) atoms. The molecular formula is C4H15Bi. The Bertz CT molecular complexity index is 3.61. The molecule has 0 amide bonds. The molecule has 0 fully saturated rings. The molecule has 36 valence electrons. The van der Waals surface area contributed by atoms with Crippen molar-refractivity contribution in [2.24, 2.45) is 0 Å². The average molecular weight is 272 g/mol. The molecule has 0 saturated heterocycles. The van der Waals surface area contributed by atoms with Crippen LogP contribution in [0.25, 0.3) is 0 Å². The van der Waals surface area contributed by atoms with Gasteiger partial charge in [0.1, 0.15) is 0 Å². The molecule has 0 aromatic heterocycles. The molecule has 0 rings (SSSR count). The van der Waals surface area contributed by atoms with Gasteiger partial charge >= 0.3 is 32.5 Å². The van der Waals surface area contributed by atoms with Crippen molar-refractivity contribution >= 4 is 23.2 Å². The predicted octanol–water partition coefficient (Wildman–Crippen LogP) is 1.79. The van der Waals surface area contributed by atoms with Gasteiger partial charge in [0.05, 0.1) is 0 Å². The van der Waals surface area contributed by atoms with E-state index < -0.39 is 0 Å². The van der Waals surface area contributed by atoms with Crippen molar-refractivity contribution < 1.29 is 0 Å². The van der Waals surface area contributed by atoms with Gasteiger partial charge in [0.2, 0.25) is 0 Å². The van der Waals surface area contributed by atoms with Crippen LogP contribution in [-0.2, 0) is 0 Å². The van der Waals surface area contributed by atoms with E-state index in [9.17, 15) is 0 Å². The Morgan fingerprint density at radius 1 is 1.00 bits per heavy atom. The van der Waals surface area contributed by atoms with Gasteiger partial charge in [-0.2, -0.15) is 0 Å². The normalized spacial score (nSPS) is 3.60. The summed E-state index contributed by atoms with van der Waals surface area (Å²) >= 11 is 0.0833. The van der Waals surface area contributed by atoms with Gasteiger partial charge in [-0.05, 0) is 0 Å². The molecule has 0 saturated carbocycles. The van der Waals surface area contributed by atoms with E-state index in [1.165, 1.54) is 0 Å². The fraction of sp³-hybridized carbons (Fsp3) is 1.00. The van der Waals surface area contributed by atoms with Crippen LogP contribution in [0.15, 0.2) is 0 Å². The Morgan fingerprint density at radius 3 is 1.00 bits per heavy atom. The zero-order valence-electron chi connectivity index (χ0n) is 2.50. The summed E-state index contributed by atoms with van der Waals surface area (Å²) in [6, 6.07) is 0. The van der Waals surface area contributed by atoms with E-state index in [4.69, 9.17) is 0 Å². The minimum atomic E-state index is 0. The maximum atomic E-state index is 2.32.